The molecule has 0 radical (unpaired) electrons. The lowest BCUT2D eigenvalue weighted by Crippen LogP contribution is -2.51. The highest BCUT2D eigenvalue weighted by molar-refractivity contribution is 5.72. The summed E-state index contributed by atoms with van der Waals surface area (Å²) in [5.41, 5.74) is 1.38. The second-order valence-electron chi connectivity index (χ2n) is 4.55. The Kier molecular flexibility index (Phi) is 3.97. The Labute approximate surface area is 111 Å². The molecule has 1 aromatic rings. The average Bonchev–Trinajstić information content (AvgIpc) is 2.46. The van der Waals surface area contributed by atoms with E-state index < -0.39 is 12.0 Å². The van der Waals surface area contributed by atoms with Crippen LogP contribution in [0.5, 0.6) is 0 Å². The number of aromatic nitrogens is 1. The maximum atomic E-state index is 10.9. The van der Waals surface area contributed by atoms with Crippen molar-refractivity contribution in [3.8, 4) is 6.07 Å². The molecule has 1 aromatic heterocycles. The van der Waals surface area contributed by atoms with E-state index in [0.29, 0.717) is 18.8 Å². The van der Waals surface area contributed by atoms with Gasteiger partial charge in [0.05, 0.1) is 11.9 Å². The summed E-state index contributed by atoms with van der Waals surface area (Å²) in [7, 11) is 0. The molecule has 1 N–H and O–H groups in total. The number of carboxylic acids is 1. The van der Waals surface area contributed by atoms with Gasteiger partial charge in [0.15, 0.2) is 0 Å². The quantitative estimate of drug-likeness (QED) is 0.854. The summed E-state index contributed by atoms with van der Waals surface area (Å²) in [6.45, 7) is 4.68. The van der Waals surface area contributed by atoms with E-state index in [1.54, 1.807) is 19.2 Å². The van der Waals surface area contributed by atoms with E-state index in [1.807, 2.05) is 17.0 Å². The van der Waals surface area contributed by atoms with Crippen molar-refractivity contribution in [2.24, 2.45) is 0 Å². The van der Waals surface area contributed by atoms with E-state index in [9.17, 15) is 4.79 Å². The Hall–Kier alpha value is -2.13. The van der Waals surface area contributed by atoms with Gasteiger partial charge in [-0.15, -0.1) is 0 Å². The lowest BCUT2D eigenvalue weighted by atomic mass is 10.2. The van der Waals surface area contributed by atoms with Gasteiger partial charge in [0.1, 0.15) is 17.8 Å². The molecule has 6 heteroatoms. The van der Waals surface area contributed by atoms with Crippen molar-refractivity contribution in [1.82, 2.24) is 9.88 Å². The lowest BCUT2D eigenvalue weighted by Gasteiger charge is -2.37. The number of aliphatic carboxylic acids is 1. The molecule has 2 rings (SSSR count). The van der Waals surface area contributed by atoms with E-state index in [0.717, 1.165) is 18.8 Å². The fourth-order valence-electron chi connectivity index (χ4n) is 2.16. The SMILES string of the molecule is CC(C(=O)O)N1CCN(c2ccc(C#N)nc2)CC1. The molecule has 19 heavy (non-hydrogen) atoms. The average molecular weight is 260 g/mol. The van der Waals surface area contributed by atoms with Crippen LogP contribution in [-0.2, 0) is 4.79 Å². The Morgan fingerprint density at radius 1 is 1.42 bits per heavy atom. The van der Waals surface area contributed by atoms with Gasteiger partial charge < -0.3 is 10.0 Å². The lowest BCUT2D eigenvalue weighted by molar-refractivity contribution is -0.142. The highest BCUT2D eigenvalue weighted by Gasteiger charge is 2.25. The fourth-order valence-corrected chi connectivity index (χ4v) is 2.16. The number of carbonyl (C=O) groups is 1. The first-order valence-corrected chi connectivity index (χ1v) is 6.20. The van der Waals surface area contributed by atoms with Gasteiger partial charge in [-0.3, -0.25) is 9.69 Å². The minimum Gasteiger partial charge on any atom is -0.480 e. The first kappa shape index (κ1) is 13.3. The summed E-state index contributed by atoms with van der Waals surface area (Å²) >= 11 is 0. The van der Waals surface area contributed by atoms with Crippen molar-refractivity contribution in [3.05, 3.63) is 24.0 Å². The monoisotopic (exact) mass is 260 g/mol. The van der Waals surface area contributed by atoms with E-state index in [2.05, 4.69) is 9.88 Å². The second-order valence-corrected chi connectivity index (χ2v) is 4.55. The molecule has 2 heterocycles. The van der Waals surface area contributed by atoms with Crippen molar-refractivity contribution in [2.75, 3.05) is 31.1 Å². The Bertz CT molecular complexity index is 486. The highest BCUT2D eigenvalue weighted by Crippen LogP contribution is 2.16. The third-order valence-corrected chi connectivity index (χ3v) is 3.45. The Morgan fingerprint density at radius 2 is 2.11 bits per heavy atom. The van der Waals surface area contributed by atoms with Crippen molar-refractivity contribution in [3.63, 3.8) is 0 Å². The van der Waals surface area contributed by atoms with E-state index >= 15 is 0 Å². The van der Waals surface area contributed by atoms with Crippen LogP contribution >= 0.6 is 0 Å². The summed E-state index contributed by atoms with van der Waals surface area (Å²) in [6.07, 6.45) is 1.69. The van der Waals surface area contributed by atoms with Gasteiger partial charge in [-0.25, -0.2) is 4.98 Å². The largest absolute Gasteiger partial charge is 0.480 e. The molecular formula is C13H16N4O2. The molecule has 1 aliphatic rings. The van der Waals surface area contributed by atoms with Gasteiger partial charge in [-0.1, -0.05) is 0 Å². The molecule has 1 unspecified atom stereocenters. The Morgan fingerprint density at radius 3 is 2.58 bits per heavy atom. The zero-order valence-electron chi connectivity index (χ0n) is 10.8. The maximum absolute atomic E-state index is 10.9. The standard InChI is InChI=1S/C13H16N4O2/c1-10(13(18)19)16-4-6-17(7-5-16)12-3-2-11(8-14)15-9-12/h2-3,9-10H,4-7H2,1H3,(H,18,19). The molecule has 1 saturated heterocycles. The van der Waals surface area contributed by atoms with Crippen molar-refractivity contribution in [2.45, 2.75) is 13.0 Å². The number of carboxylic acid groups (broad SMARTS) is 1. The van der Waals surface area contributed by atoms with Gasteiger partial charge in [0, 0.05) is 26.2 Å². The third-order valence-electron chi connectivity index (χ3n) is 3.45. The van der Waals surface area contributed by atoms with Crippen LogP contribution in [0.4, 0.5) is 5.69 Å². The minimum atomic E-state index is -0.784. The van der Waals surface area contributed by atoms with Crippen LogP contribution in [-0.4, -0.2) is 53.2 Å². The second kappa shape index (κ2) is 5.67. The topological polar surface area (TPSA) is 80.5 Å². The molecule has 6 nitrogen and oxygen atoms in total. The number of nitrogens with zero attached hydrogens (tertiary/aromatic N) is 4. The molecule has 0 bridgehead atoms. The van der Waals surface area contributed by atoms with Crippen LogP contribution in [0.3, 0.4) is 0 Å². The summed E-state index contributed by atoms with van der Waals surface area (Å²) < 4.78 is 0. The van der Waals surface area contributed by atoms with Crippen molar-refractivity contribution >= 4 is 11.7 Å². The van der Waals surface area contributed by atoms with E-state index in [1.165, 1.54) is 0 Å². The summed E-state index contributed by atoms with van der Waals surface area (Å²) in [5, 5.41) is 17.7. The van der Waals surface area contributed by atoms with Crippen LogP contribution in [0.25, 0.3) is 0 Å². The van der Waals surface area contributed by atoms with Gasteiger partial charge in [-0.2, -0.15) is 5.26 Å². The Balaban J connectivity index is 1.96. The van der Waals surface area contributed by atoms with Crippen LogP contribution < -0.4 is 4.90 Å². The molecule has 1 atom stereocenters. The highest BCUT2D eigenvalue weighted by atomic mass is 16.4. The molecule has 1 fully saturated rings. The molecule has 0 saturated carbocycles. The summed E-state index contributed by atoms with van der Waals surface area (Å²) in [5.74, 6) is -0.784. The number of anilines is 1. The molecule has 0 amide bonds. The van der Waals surface area contributed by atoms with Gasteiger partial charge in [0.25, 0.3) is 0 Å². The number of hydrogen-bond donors (Lipinski definition) is 1. The van der Waals surface area contributed by atoms with Gasteiger partial charge in [-0.05, 0) is 19.1 Å². The molecule has 1 aliphatic heterocycles. The fraction of sp³-hybridized carbons (Fsp3) is 0.462. The van der Waals surface area contributed by atoms with Gasteiger partial charge in [0.2, 0.25) is 0 Å². The minimum absolute atomic E-state index is 0.405. The van der Waals surface area contributed by atoms with Gasteiger partial charge >= 0.3 is 5.97 Å². The summed E-state index contributed by atoms with van der Waals surface area (Å²) in [4.78, 5) is 19.1. The smallest absolute Gasteiger partial charge is 0.320 e. The molecule has 100 valence electrons. The molecule has 0 aromatic carbocycles. The predicted octanol–water partition coefficient (Wildman–Crippen LogP) is 0.548. The third kappa shape index (κ3) is 3.01. The first-order chi connectivity index (χ1) is 9.11. The van der Waals surface area contributed by atoms with Crippen LogP contribution in [0, 0.1) is 11.3 Å². The summed E-state index contributed by atoms with van der Waals surface area (Å²) in [6, 6.07) is 5.12. The van der Waals surface area contributed by atoms with Crippen LogP contribution in [0.1, 0.15) is 12.6 Å². The number of nitriles is 1. The number of pyridine rings is 1. The van der Waals surface area contributed by atoms with Crippen molar-refractivity contribution < 1.29 is 9.90 Å². The maximum Gasteiger partial charge on any atom is 0.320 e. The normalized spacial score (nSPS) is 17.8. The number of piperazine rings is 1. The van der Waals surface area contributed by atoms with Crippen LogP contribution in [0.2, 0.25) is 0 Å². The number of hydrogen-bond acceptors (Lipinski definition) is 5. The predicted molar refractivity (Wildman–Crippen MR) is 69.8 cm³/mol. The molecular weight excluding hydrogens is 244 g/mol. The number of rotatable bonds is 3. The molecule has 0 spiro atoms. The zero-order chi connectivity index (χ0) is 13.8. The van der Waals surface area contributed by atoms with Crippen molar-refractivity contribution in [1.29, 1.82) is 5.26 Å². The van der Waals surface area contributed by atoms with E-state index in [4.69, 9.17) is 10.4 Å². The zero-order valence-corrected chi connectivity index (χ0v) is 10.8. The van der Waals surface area contributed by atoms with Crippen LogP contribution in [0.15, 0.2) is 18.3 Å². The molecule has 0 aliphatic carbocycles. The first-order valence-electron chi connectivity index (χ1n) is 6.20. The van der Waals surface area contributed by atoms with E-state index in [-0.39, 0.29) is 0 Å².